The number of carbonyl (C=O) groups excluding carboxylic acids is 1. The molecular formula is C20H19IN2O3. The standard InChI is InChI=1S/C20H19IN2O3/c1-12-4-13(2)6-15(5-12)11-26-19-17(21)8-14(9-18(19)25-3)7-16(10-22)20(23)24/h4-9H,11H2,1-3H3,(H2,23,24)/b16-7+. The highest BCUT2D eigenvalue weighted by Crippen LogP contribution is 2.35. The van der Waals surface area contributed by atoms with E-state index in [0.29, 0.717) is 23.7 Å². The SMILES string of the molecule is COc1cc(/C=C(\C#N)C(N)=O)cc(I)c1OCc1cc(C)cc(C)c1. The van der Waals surface area contributed by atoms with Crippen molar-refractivity contribution in [1.29, 1.82) is 5.26 Å². The van der Waals surface area contributed by atoms with Gasteiger partial charge in [-0.2, -0.15) is 5.26 Å². The molecule has 2 N–H and O–H groups in total. The molecule has 0 aromatic heterocycles. The number of nitriles is 1. The van der Waals surface area contributed by atoms with Crippen LogP contribution < -0.4 is 15.2 Å². The fourth-order valence-corrected chi connectivity index (χ4v) is 3.38. The van der Waals surface area contributed by atoms with Crippen molar-refractivity contribution in [2.45, 2.75) is 20.5 Å². The average molecular weight is 462 g/mol. The molecule has 0 heterocycles. The fraction of sp³-hybridized carbons (Fsp3) is 0.200. The van der Waals surface area contributed by atoms with Crippen molar-refractivity contribution in [3.8, 4) is 17.6 Å². The van der Waals surface area contributed by atoms with Crippen LogP contribution in [0.1, 0.15) is 22.3 Å². The minimum Gasteiger partial charge on any atom is -0.493 e. The molecule has 0 unspecified atom stereocenters. The topological polar surface area (TPSA) is 85.3 Å². The molecule has 0 aliphatic heterocycles. The number of methoxy groups -OCH3 is 1. The average Bonchev–Trinajstić information content (AvgIpc) is 2.57. The Hall–Kier alpha value is -2.53. The van der Waals surface area contributed by atoms with E-state index in [9.17, 15) is 4.79 Å². The molecule has 2 aromatic carbocycles. The summed E-state index contributed by atoms with van der Waals surface area (Å²) in [5.74, 6) is 0.368. The predicted molar refractivity (Wildman–Crippen MR) is 109 cm³/mol. The highest BCUT2D eigenvalue weighted by molar-refractivity contribution is 14.1. The first kappa shape index (κ1) is 19.8. The van der Waals surface area contributed by atoms with Crippen LogP contribution in [0.4, 0.5) is 0 Å². The molecule has 2 aromatic rings. The zero-order valence-electron chi connectivity index (χ0n) is 14.8. The normalized spacial score (nSPS) is 11.0. The largest absolute Gasteiger partial charge is 0.493 e. The van der Waals surface area contributed by atoms with E-state index in [4.69, 9.17) is 20.5 Å². The predicted octanol–water partition coefficient (Wildman–Crippen LogP) is 3.89. The third-order valence-corrected chi connectivity index (χ3v) is 4.41. The lowest BCUT2D eigenvalue weighted by atomic mass is 10.1. The van der Waals surface area contributed by atoms with E-state index < -0.39 is 5.91 Å². The Kier molecular flexibility index (Phi) is 6.64. The number of hydrogen-bond acceptors (Lipinski definition) is 4. The molecule has 26 heavy (non-hydrogen) atoms. The second-order valence-corrected chi connectivity index (χ2v) is 7.02. The van der Waals surface area contributed by atoms with Crippen molar-refractivity contribution in [2.24, 2.45) is 5.73 Å². The van der Waals surface area contributed by atoms with E-state index in [0.717, 1.165) is 9.13 Å². The minimum absolute atomic E-state index is 0.119. The number of nitrogens with two attached hydrogens (primary N) is 1. The van der Waals surface area contributed by atoms with E-state index >= 15 is 0 Å². The maximum atomic E-state index is 11.2. The summed E-state index contributed by atoms with van der Waals surface area (Å²) < 4.78 is 12.2. The summed E-state index contributed by atoms with van der Waals surface area (Å²) in [6.07, 6.45) is 1.43. The summed E-state index contributed by atoms with van der Waals surface area (Å²) in [5.41, 5.74) is 9.14. The van der Waals surface area contributed by atoms with Gasteiger partial charge >= 0.3 is 0 Å². The number of halogens is 1. The summed E-state index contributed by atoms with van der Waals surface area (Å²) in [4.78, 5) is 11.2. The zero-order valence-corrected chi connectivity index (χ0v) is 17.0. The molecule has 0 atom stereocenters. The quantitative estimate of drug-likeness (QED) is 0.401. The highest BCUT2D eigenvalue weighted by atomic mass is 127. The first-order chi connectivity index (χ1) is 12.3. The molecule has 0 spiro atoms. The van der Waals surface area contributed by atoms with Crippen molar-refractivity contribution in [1.82, 2.24) is 0 Å². The molecule has 0 aliphatic rings. The van der Waals surface area contributed by atoms with Crippen LogP contribution in [0.2, 0.25) is 0 Å². The van der Waals surface area contributed by atoms with Crippen LogP contribution in [0.25, 0.3) is 6.08 Å². The van der Waals surface area contributed by atoms with Crippen molar-refractivity contribution in [2.75, 3.05) is 7.11 Å². The first-order valence-electron chi connectivity index (χ1n) is 7.83. The number of amides is 1. The molecule has 0 bridgehead atoms. The second kappa shape index (κ2) is 8.72. The lowest BCUT2D eigenvalue weighted by Gasteiger charge is -2.14. The summed E-state index contributed by atoms with van der Waals surface area (Å²) in [7, 11) is 1.54. The fourth-order valence-electron chi connectivity index (χ4n) is 2.60. The zero-order chi connectivity index (χ0) is 19.3. The van der Waals surface area contributed by atoms with Gasteiger partial charge in [0.05, 0.1) is 10.7 Å². The van der Waals surface area contributed by atoms with Gasteiger partial charge in [-0.15, -0.1) is 0 Å². The number of rotatable bonds is 6. The van der Waals surface area contributed by atoms with E-state index in [1.807, 2.05) is 13.8 Å². The maximum absolute atomic E-state index is 11.2. The molecule has 0 radical (unpaired) electrons. The van der Waals surface area contributed by atoms with Gasteiger partial charge in [-0.3, -0.25) is 4.79 Å². The summed E-state index contributed by atoms with van der Waals surface area (Å²) in [6, 6.07) is 11.6. The monoisotopic (exact) mass is 462 g/mol. The first-order valence-corrected chi connectivity index (χ1v) is 8.91. The van der Waals surface area contributed by atoms with Gasteiger partial charge in [0.1, 0.15) is 18.2 Å². The number of benzene rings is 2. The number of aryl methyl sites for hydroxylation is 2. The van der Waals surface area contributed by atoms with Crippen molar-refractivity contribution in [3.63, 3.8) is 0 Å². The molecule has 1 amide bonds. The molecule has 6 heteroatoms. The Balaban J connectivity index is 2.32. The Morgan fingerprint density at radius 3 is 2.42 bits per heavy atom. The van der Waals surface area contributed by atoms with Gasteiger partial charge < -0.3 is 15.2 Å². The third-order valence-electron chi connectivity index (χ3n) is 3.61. The van der Waals surface area contributed by atoms with Crippen LogP contribution in [-0.4, -0.2) is 13.0 Å². The Morgan fingerprint density at radius 2 is 1.88 bits per heavy atom. The number of ether oxygens (including phenoxy) is 2. The van der Waals surface area contributed by atoms with Crippen LogP contribution in [0, 0.1) is 28.7 Å². The summed E-state index contributed by atoms with van der Waals surface area (Å²) in [6.45, 7) is 4.51. The summed E-state index contributed by atoms with van der Waals surface area (Å²) in [5, 5.41) is 8.99. The van der Waals surface area contributed by atoms with Gasteiger partial charge in [-0.05, 0) is 65.8 Å². The van der Waals surface area contributed by atoms with Crippen molar-refractivity contribution in [3.05, 3.63) is 61.7 Å². The molecule has 2 rings (SSSR count). The second-order valence-electron chi connectivity index (χ2n) is 5.85. The molecular weight excluding hydrogens is 443 g/mol. The smallest absolute Gasteiger partial charge is 0.259 e. The number of primary amides is 1. The van der Waals surface area contributed by atoms with Gasteiger partial charge in [0, 0.05) is 0 Å². The van der Waals surface area contributed by atoms with Gasteiger partial charge in [-0.25, -0.2) is 0 Å². The molecule has 5 nitrogen and oxygen atoms in total. The van der Waals surface area contributed by atoms with Crippen molar-refractivity contribution < 1.29 is 14.3 Å². The Labute approximate surface area is 166 Å². The molecule has 0 aliphatic carbocycles. The third kappa shape index (κ3) is 4.99. The van der Waals surface area contributed by atoms with Crippen LogP contribution in [0.3, 0.4) is 0 Å². The minimum atomic E-state index is -0.767. The lowest BCUT2D eigenvalue weighted by molar-refractivity contribution is -0.114. The van der Waals surface area contributed by atoms with Gasteiger partial charge in [0.25, 0.3) is 5.91 Å². The lowest BCUT2D eigenvalue weighted by Crippen LogP contribution is -2.12. The maximum Gasteiger partial charge on any atom is 0.259 e. The molecule has 0 saturated carbocycles. The van der Waals surface area contributed by atoms with E-state index in [1.165, 1.54) is 17.2 Å². The van der Waals surface area contributed by atoms with Gasteiger partial charge in [-0.1, -0.05) is 29.3 Å². The Bertz CT molecular complexity index is 894. The Morgan fingerprint density at radius 1 is 1.23 bits per heavy atom. The van der Waals surface area contributed by atoms with Crippen molar-refractivity contribution >= 4 is 34.6 Å². The molecule has 0 saturated heterocycles. The molecule has 0 fully saturated rings. The van der Waals surface area contributed by atoms with Crippen LogP contribution in [-0.2, 0) is 11.4 Å². The van der Waals surface area contributed by atoms with Gasteiger partial charge in [0.2, 0.25) is 0 Å². The van der Waals surface area contributed by atoms with E-state index in [-0.39, 0.29) is 5.57 Å². The van der Waals surface area contributed by atoms with Crippen LogP contribution >= 0.6 is 22.6 Å². The van der Waals surface area contributed by atoms with E-state index in [2.05, 4.69) is 40.8 Å². The van der Waals surface area contributed by atoms with Crippen LogP contribution in [0.5, 0.6) is 11.5 Å². The summed E-state index contributed by atoms with van der Waals surface area (Å²) >= 11 is 2.13. The van der Waals surface area contributed by atoms with E-state index in [1.54, 1.807) is 25.3 Å². The number of carbonyl (C=O) groups is 1. The number of hydrogen-bond donors (Lipinski definition) is 1. The number of nitrogens with zero attached hydrogens (tertiary/aromatic N) is 1. The molecule has 134 valence electrons. The van der Waals surface area contributed by atoms with Gasteiger partial charge in [0.15, 0.2) is 11.5 Å². The van der Waals surface area contributed by atoms with Crippen LogP contribution in [0.15, 0.2) is 35.9 Å². The highest BCUT2D eigenvalue weighted by Gasteiger charge is 2.13.